The van der Waals surface area contributed by atoms with Crippen LogP contribution in [0.1, 0.15) is 13.3 Å². The first-order valence-electron chi connectivity index (χ1n) is 4.51. The number of hydrogen-bond acceptors (Lipinski definition) is 4. The maximum absolute atomic E-state index is 11.6. The predicted molar refractivity (Wildman–Crippen MR) is 50.6 cm³/mol. The summed E-state index contributed by atoms with van der Waals surface area (Å²) in [5, 5.41) is 10.9. The van der Waals surface area contributed by atoms with Crippen LogP contribution in [0.3, 0.4) is 0 Å². The molecule has 0 aromatic heterocycles. The quantitative estimate of drug-likeness (QED) is 0.563. The van der Waals surface area contributed by atoms with Gasteiger partial charge in [-0.25, -0.2) is 0 Å². The summed E-state index contributed by atoms with van der Waals surface area (Å²) in [5.41, 5.74) is -1.45. The molecule has 0 saturated carbocycles. The van der Waals surface area contributed by atoms with Gasteiger partial charge in [0, 0.05) is 6.20 Å². The zero-order valence-corrected chi connectivity index (χ0v) is 8.14. The van der Waals surface area contributed by atoms with E-state index in [1.165, 1.54) is 11.8 Å². The highest BCUT2D eigenvalue weighted by Crippen LogP contribution is 2.24. The third kappa shape index (κ3) is 1.45. The third-order valence-electron chi connectivity index (χ3n) is 2.40. The molecule has 1 atom stereocenters. The van der Waals surface area contributed by atoms with E-state index < -0.39 is 11.5 Å². The van der Waals surface area contributed by atoms with Crippen LogP contribution in [0.25, 0.3) is 0 Å². The van der Waals surface area contributed by atoms with Crippen LogP contribution < -0.4 is 5.11 Å². The van der Waals surface area contributed by atoms with Gasteiger partial charge in [0.2, 0.25) is 5.91 Å². The Bertz CT molecular complexity index is 422. The van der Waals surface area contributed by atoms with Crippen molar-refractivity contribution in [3.63, 3.8) is 0 Å². The van der Waals surface area contributed by atoms with E-state index >= 15 is 0 Å². The molecule has 0 bridgehead atoms. The van der Waals surface area contributed by atoms with E-state index in [1.807, 2.05) is 0 Å². The van der Waals surface area contributed by atoms with Crippen LogP contribution in [-0.4, -0.2) is 28.2 Å². The van der Waals surface area contributed by atoms with Gasteiger partial charge in [-0.05, 0) is 19.1 Å². The second kappa shape index (κ2) is 3.05. The lowest BCUT2D eigenvalue weighted by Gasteiger charge is -2.35. The number of rotatable bonds is 1. The van der Waals surface area contributed by atoms with E-state index in [1.54, 1.807) is 24.4 Å². The van der Waals surface area contributed by atoms with Gasteiger partial charge in [0.1, 0.15) is 11.4 Å². The number of amides is 1. The van der Waals surface area contributed by atoms with E-state index in [-0.39, 0.29) is 12.3 Å². The van der Waals surface area contributed by atoms with Gasteiger partial charge in [-0.1, -0.05) is 6.08 Å². The normalized spacial score (nSPS) is 28.7. The number of nitrogens with zero attached hydrogens (tertiary/aromatic N) is 2. The molecule has 2 heterocycles. The summed E-state index contributed by atoms with van der Waals surface area (Å²) in [6, 6.07) is 0. The summed E-state index contributed by atoms with van der Waals surface area (Å²) in [5.74, 6) is -1.27. The summed E-state index contributed by atoms with van der Waals surface area (Å²) in [4.78, 5) is 27.8. The van der Waals surface area contributed by atoms with Crippen LogP contribution in [-0.2, 0) is 9.59 Å². The minimum atomic E-state index is -1.45. The average molecular weight is 205 g/mol. The van der Waals surface area contributed by atoms with Gasteiger partial charge in [-0.3, -0.25) is 14.7 Å². The molecule has 0 saturated heterocycles. The van der Waals surface area contributed by atoms with E-state index in [4.69, 9.17) is 0 Å². The summed E-state index contributed by atoms with van der Waals surface area (Å²) in [6.45, 7) is 1.39. The maximum atomic E-state index is 11.6. The van der Waals surface area contributed by atoms with Crippen molar-refractivity contribution in [2.45, 2.75) is 18.9 Å². The second-order valence-corrected chi connectivity index (χ2v) is 3.67. The number of allylic oxidation sites excluding steroid dienone is 2. The average Bonchev–Trinajstić information content (AvgIpc) is 2.17. The Morgan fingerprint density at radius 3 is 3.00 bits per heavy atom. The fraction of sp³-hybridized carbons (Fsp3) is 0.300. The Hall–Kier alpha value is -1.91. The van der Waals surface area contributed by atoms with Crippen molar-refractivity contribution >= 4 is 17.7 Å². The molecule has 0 aromatic carbocycles. The molecule has 1 amide bonds. The molecular formula is C10H9N2O3-. The van der Waals surface area contributed by atoms with Crippen LogP contribution in [0.15, 0.2) is 29.4 Å². The molecule has 0 aliphatic carbocycles. The molecule has 2 aliphatic heterocycles. The van der Waals surface area contributed by atoms with Gasteiger partial charge < -0.3 is 9.90 Å². The Labute approximate surface area is 86.4 Å². The van der Waals surface area contributed by atoms with Gasteiger partial charge in [0.05, 0.1) is 12.4 Å². The fourth-order valence-corrected chi connectivity index (χ4v) is 1.53. The first-order chi connectivity index (χ1) is 7.03. The van der Waals surface area contributed by atoms with Crippen LogP contribution >= 0.6 is 0 Å². The largest absolute Gasteiger partial charge is 0.547 e. The van der Waals surface area contributed by atoms with Gasteiger partial charge in [0.25, 0.3) is 0 Å². The van der Waals surface area contributed by atoms with Crippen molar-refractivity contribution in [2.24, 2.45) is 4.99 Å². The fourth-order valence-electron chi connectivity index (χ4n) is 1.53. The van der Waals surface area contributed by atoms with Crippen molar-refractivity contribution in [3.05, 3.63) is 24.4 Å². The lowest BCUT2D eigenvalue weighted by molar-refractivity contribution is -0.312. The molecule has 2 aliphatic rings. The van der Waals surface area contributed by atoms with Gasteiger partial charge in [0.15, 0.2) is 0 Å². The van der Waals surface area contributed by atoms with Crippen LogP contribution in [0.2, 0.25) is 0 Å². The van der Waals surface area contributed by atoms with E-state index in [9.17, 15) is 14.7 Å². The van der Waals surface area contributed by atoms with Gasteiger partial charge in [-0.2, -0.15) is 0 Å². The SMILES string of the molecule is C[C@@]1(C(=O)[O-])CC(=O)N2C=CC=CC2=N1. The highest BCUT2D eigenvalue weighted by atomic mass is 16.4. The number of fused-ring (bicyclic) bond motifs is 1. The zero-order chi connectivity index (χ0) is 11.1. The number of hydrogen-bond donors (Lipinski definition) is 0. The smallest absolute Gasteiger partial charge is 0.235 e. The lowest BCUT2D eigenvalue weighted by atomic mass is 9.95. The number of carbonyl (C=O) groups excluding carboxylic acids is 2. The van der Waals surface area contributed by atoms with Crippen molar-refractivity contribution < 1.29 is 14.7 Å². The summed E-state index contributed by atoms with van der Waals surface area (Å²) < 4.78 is 0. The molecule has 5 heteroatoms. The summed E-state index contributed by atoms with van der Waals surface area (Å²) in [6.07, 6.45) is 6.38. The molecule has 5 nitrogen and oxygen atoms in total. The molecule has 0 aromatic rings. The Morgan fingerprint density at radius 1 is 1.60 bits per heavy atom. The highest BCUT2D eigenvalue weighted by molar-refractivity contribution is 6.10. The molecule has 2 rings (SSSR count). The Balaban J connectivity index is 2.45. The number of carboxylic acids is 1. The summed E-state index contributed by atoms with van der Waals surface area (Å²) >= 11 is 0. The molecule has 15 heavy (non-hydrogen) atoms. The molecule has 0 N–H and O–H groups in total. The minimum absolute atomic E-state index is 0.170. The van der Waals surface area contributed by atoms with Crippen molar-refractivity contribution in [2.75, 3.05) is 0 Å². The number of amidine groups is 1. The standard InChI is InChI=1S/C10H10N2O3/c1-10(9(14)15)6-8(13)12-5-3-2-4-7(12)11-10/h2-5H,6H2,1H3,(H,14,15)/p-1/t10-/m0/s1. The molecule has 78 valence electrons. The maximum Gasteiger partial charge on any atom is 0.235 e. The first-order valence-corrected chi connectivity index (χ1v) is 4.51. The Morgan fingerprint density at radius 2 is 2.33 bits per heavy atom. The number of aliphatic imine (C=N–C) groups is 1. The predicted octanol–water partition coefficient (Wildman–Crippen LogP) is -0.791. The van der Waals surface area contributed by atoms with E-state index in [0.717, 1.165) is 0 Å². The topological polar surface area (TPSA) is 72.8 Å². The van der Waals surface area contributed by atoms with Crippen LogP contribution in [0, 0.1) is 0 Å². The zero-order valence-electron chi connectivity index (χ0n) is 8.14. The first kappa shape index (κ1) is 9.64. The molecule has 0 radical (unpaired) electrons. The molecular weight excluding hydrogens is 196 g/mol. The van der Waals surface area contributed by atoms with Crippen molar-refractivity contribution in [1.82, 2.24) is 4.90 Å². The lowest BCUT2D eigenvalue weighted by Crippen LogP contribution is -2.53. The van der Waals surface area contributed by atoms with Gasteiger partial charge >= 0.3 is 0 Å². The Kier molecular flexibility index (Phi) is 1.96. The van der Waals surface area contributed by atoms with E-state index in [2.05, 4.69) is 4.99 Å². The molecule has 0 unspecified atom stereocenters. The van der Waals surface area contributed by atoms with Gasteiger partial charge in [-0.15, -0.1) is 0 Å². The molecule has 0 fully saturated rings. The number of carbonyl (C=O) groups is 2. The number of carboxylic acid groups (broad SMARTS) is 1. The van der Waals surface area contributed by atoms with Crippen molar-refractivity contribution in [1.29, 1.82) is 0 Å². The van der Waals surface area contributed by atoms with Crippen molar-refractivity contribution in [3.8, 4) is 0 Å². The number of aliphatic carboxylic acids is 1. The van der Waals surface area contributed by atoms with Crippen LogP contribution in [0.5, 0.6) is 0 Å². The van der Waals surface area contributed by atoms with Crippen LogP contribution in [0.4, 0.5) is 0 Å². The molecule has 0 spiro atoms. The second-order valence-electron chi connectivity index (χ2n) is 3.67. The minimum Gasteiger partial charge on any atom is -0.547 e. The monoisotopic (exact) mass is 205 g/mol. The highest BCUT2D eigenvalue weighted by Gasteiger charge is 2.36. The third-order valence-corrected chi connectivity index (χ3v) is 2.40. The summed E-state index contributed by atoms with van der Waals surface area (Å²) in [7, 11) is 0. The van der Waals surface area contributed by atoms with E-state index in [0.29, 0.717) is 5.84 Å².